The zero-order valence-corrected chi connectivity index (χ0v) is 10.1. The van der Waals surface area contributed by atoms with Crippen molar-refractivity contribution in [2.45, 2.75) is 25.8 Å². The van der Waals surface area contributed by atoms with Gasteiger partial charge in [0.05, 0.1) is 5.54 Å². The summed E-state index contributed by atoms with van der Waals surface area (Å²) < 4.78 is 18.3. The van der Waals surface area contributed by atoms with Crippen LogP contribution in [0.3, 0.4) is 0 Å². The van der Waals surface area contributed by atoms with E-state index < -0.39 is 17.1 Å². The number of halogens is 1. The number of hydrogen-bond donors (Lipinski definition) is 2. The average Bonchev–Trinajstić information content (AvgIpc) is 2.83. The van der Waals surface area contributed by atoms with Gasteiger partial charge in [0.15, 0.2) is 11.6 Å². The molecule has 1 aromatic carbocycles. The Kier molecular flexibility index (Phi) is 3.04. The van der Waals surface area contributed by atoms with Crippen molar-refractivity contribution < 1.29 is 14.0 Å². The topological polar surface area (TPSA) is 85.2 Å². The van der Waals surface area contributed by atoms with Gasteiger partial charge in [0.25, 0.3) is 0 Å². The zero-order chi connectivity index (χ0) is 13.3. The van der Waals surface area contributed by atoms with Gasteiger partial charge < -0.3 is 15.4 Å². The fraction of sp³-hybridized carbons (Fsp3) is 0.333. The molecule has 0 aliphatic rings. The molecule has 0 radical (unpaired) electrons. The van der Waals surface area contributed by atoms with E-state index in [0.717, 1.165) is 6.07 Å². The van der Waals surface area contributed by atoms with Crippen LogP contribution < -0.4 is 5.73 Å². The fourth-order valence-corrected chi connectivity index (χ4v) is 1.37. The largest absolute Gasteiger partial charge is 0.505 e. The predicted molar refractivity (Wildman–Crippen MR) is 63.2 cm³/mol. The number of rotatable bonds is 3. The minimum atomic E-state index is -0.732. The van der Waals surface area contributed by atoms with Gasteiger partial charge >= 0.3 is 0 Å². The fourth-order valence-electron chi connectivity index (χ4n) is 1.37. The smallest absolute Gasteiger partial charge is 0.246 e. The quantitative estimate of drug-likeness (QED) is 0.873. The highest BCUT2D eigenvalue weighted by Gasteiger charge is 2.26. The number of phenols is 1. The maximum Gasteiger partial charge on any atom is 0.246 e. The van der Waals surface area contributed by atoms with E-state index in [2.05, 4.69) is 10.1 Å². The highest BCUT2D eigenvalue weighted by atomic mass is 19.1. The van der Waals surface area contributed by atoms with Crippen LogP contribution in [0.1, 0.15) is 26.2 Å². The van der Waals surface area contributed by atoms with E-state index in [9.17, 15) is 4.39 Å². The molecule has 0 saturated carbocycles. The first kappa shape index (κ1) is 12.5. The van der Waals surface area contributed by atoms with Crippen LogP contribution in [-0.4, -0.2) is 15.2 Å². The third-order valence-corrected chi connectivity index (χ3v) is 2.85. The van der Waals surface area contributed by atoms with Gasteiger partial charge in [0.1, 0.15) is 0 Å². The monoisotopic (exact) mass is 251 g/mol. The second-order valence-corrected chi connectivity index (χ2v) is 4.36. The number of nitrogens with two attached hydrogens (primary N) is 1. The molecule has 1 unspecified atom stereocenters. The molecule has 2 rings (SSSR count). The number of nitrogens with zero attached hydrogens (tertiary/aromatic N) is 2. The summed E-state index contributed by atoms with van der Waals surface area (Å²) in [6.07, 6.45) is 0.637. The van der Waals surface area contributed by atoms with E-state index >= 15 is 0 Å². The Morgan fingerprint density at radius 1 is 1.50 bits per heavy atom. The Hall–Kier alpha value is -1.95. The van der Waals surface area contributed by atoms with E-state index in [1.807, 2.05) is 6.92 Å². The number of benzene rings is 1. The van der Waals surface area contributed by atoms with Crippen LogP contribution in [0, 0.1) is 5.82 Å². The lowest BCUT2D eigenvalue weighted by Gasteiger charge is -2.16. The van der Waals surface area contributed by atoms with Crippen LogP contribution in [0.25, 0.3) is 11.4 Å². The van der Waals surface area contributed by atoms with Crippen molar-refractivity contribution >= 4 is 0 Å². The van der Waals surface area contributed by atoms with E-state index in [4.69, 9.17) is 15.4 Å². The molecular formula is C12H14FN3O2. The number of hydrogen-bond acceptors (Lipinski definition) is 5. The molecule has 1 heterocycles. The molecule has 1 aromatic heterocycles. The lowest BCUT2D eigenvalue weighted by Crippen LogP contribution is -2.32. The van der Waals surface area contributed by atoms with Gasteiger partial charge in [-0.05, 0) is 31.5 Å². The molecule has 0 spiro atoms. The Morgan fingerprint density at radius 3 is 2.83 bits per heavy atom. The molecule has 3 N–H and O–H groups in total. The number of aromatic nitrogens is 2. The van der Waals surface area contributed by atoms with E-state index in [1.54, 1.807) is 6.92 Å². The van der Waals surface area contributed by atoms with Crippen molar-refractivity contribution in [1.82, 2.24) is 10.1 Å². The summed E-state index contributed by atoms with van der Waals surface area (Å²) in [6.45, 7) is 3.69. The molecule has 2 aromatic rings. The molecule has 1 atom stereocenters. The third-order valence-electron chi connectivity index (χ3n) is 2.85. The molecule has 0 aliphatic heterocycles. The van der Waals surface area contributed by atoms with Crippen LogP contribution in [0.2, 0.25) is 0 Å². The molecule has 0 aliphatic carbocycles. The maximum atomic E-state index is 13.2. The summed E-state index contributed by atoms with van der Waals surface area (Å²) in [7, 11) is 0. The Bertz CT molecular complexity index is 566. The molecule has 0 amide bonds. The van der Waals surface area contributed by atoms with Crippen molar-refractivity contribution in [2.75, 3.05) is 0 Å². The second kappa shape index (κ2) is 4.38. The Balaban J connectivity index is 2.38. The first-order valence-corrected chi connectivity index (χ1v) is 5.56. The highest BCUT2D eigenvalue weighted by molar-refractivity contribution is 5.55. The Morgan fingerprint density at radius 2 is 2.22 bits per heavy atom. The van der Waals surface area contributed by atoms with Gasteiger partial charge in [-0.3, -0.25) is 0 Å². The van der Waals surface area contributed by atoms with Crippen LogP contribution in [-0.2, 0) is 5.54 Å². The van der Waals surface area contributed by atoms with Gasteiger partial charge in [-0.1, -0.05) is 12.1 Å². The molecular weight excluding hydrogens is 237 g/mol. The van der Waals surface area contributed by atoms with Crippen molar-refractivity contribution in [3.05, 3.63) is 29.9 Å². The molecule has 6 heteroatoms. The summed E-state index contributed by atoms with van der Waals surface area (Å²) in [6, 6.07) is 3.89. The Labute approximate surface area is 103 Å². The average molecular weight is 251 g/mol. The van der Waals surface area contributed by atoms with Gasteiger partial charge in [-0.2, -0.15) is 4.98 Å². The predicted octanol–water partition coefficient (Wildman–Crippen LogP) is 2.17. The first-order valence-electron chi connectivity index (χ1n) is 5.56. The summed E-state index contributed by atoms with van der Waals surface area (Å²) in [5.74, 6) is -0.605. The molecule has 96 valence electrons. The summed E-state index contributed by atoms with van der Waals surface area (Å²) >= 11 is 0. The van der Waals surface area contributed by atoms with Gasteiger partial charge in [0.2, 0.25) is 11.7 Å². The van der Waals surface area contributed by atoms with Gasteiger partial charge in [0, 0.05) is 5.56 Å². The van der Waals surface area contributed by atoms with E-state index in [1.165, 1.54) is 12.1 Å². The standard InChI is InChI=1S/C12H14FN3O2/c1-3-12(2,14)11-15-10(16-18-11)7-4-5-9(17)8(13)6-7/h4-6,17H,3,14H2,1-2H3. The normalized spacial score (nSPS) is 14.4. The summed E-state index contributed by atoms with van der Waals surface area (Å²) in [5.41, 5.74) is 5.69. The summed E-state index contributed by atoms with van der Waals surface area (Å²) in [5, 5.41) is 12.9. The zero-order valence-electron chi connectivity index (χ0n) is 10.1. The molecule has 0 fully saturated rings. The molecule has 0 bridgehead atoms. The first-order chi connectivity index (χ1) is 8.44. The van der Waals surface area contributed by atoms with Crippen LogP contribution in [0.4, 0.5) is 4.39 Å². The van der Waals surface area contributed by atoms with Crippen molar-refractivity contribution in [2.24, 2.45) is 5.73 Å². The van der Waals surface area contributed by atoms with Crippen molar-refractivity contribution in [3.8, 4) is 17.1 Å². The molecule has 5 nitrogen and oxygen atoms in total. The van der Waals surface area contributed by atoms with Gasteiger partial charge in [-0.15, -0.1) is 0 Å². The molecule has 0 saturated heterocycles. The van der Waals surface area contributed by atoms with Crippen molar-refractivity contribution in [1.29, 1.82) is 0 Å². The van der Waals surface area contributed by atoms with Crippen molar-refractivity contribution in [3.63, 3.8) is 0 Å². The van der Waals surface area contributed by atoms with Crippen LogP contribution >= 0.6 is 0 Å². The van der Waals surface area contributed by atoms with Crippen LogP contribution in [0.5, 0.6) is 5.75 Å². The molecule has 18 heavy (non-hydrogen) atoms. The number of phenolic OH excluding ortho intramolecular Hbond substituents is 1. The maximum absolute atomic E-state index is 13.2. The SMILES string of the molecule is CCC(C)(N)c1nc(-c2ccc(O)c(F)c2)no1. The summed E-state index contributed by atoms with van der Waals surface area (Å²) in [4.78, 5) is 4.14. The van der Waals surface area contributed by atoms with Gasteiger partial charge in [-0.25, -0.2) is 4.39 Å². The minimum Gasteiger partial charge on any atom is -0.505 e. The lowest BCUT2D eigenvalue weighted by atomic mass is 10.0. The lowest BCUT2D eigenvalue weighted by molar-refractivity contribution is 0.291. The van der Waals surface area contributed by atoms with E-state index in [-0.39, 0.29) is 5.82 Å². The highest BCUT2D eigenvalue weighted by Crippen LogP contribution is 2.25. The van der Waals surface area contributed by atoms with Crippen LogP contribution in [0.15, 0.2) is 22.7 Å². The minimum absolute atomic E-state index is 0.244. The number of aromatic hydroxyl groups is 1. The second-order valence-electron chi connectivity index (χ2n) is 4.36. The van der Waals surface area contributed by atoms with E-state index in [0.29, 0.717) is 17.9 Å². The third kappa shape index (κ3) is 2.19.